The van der Waals surface area contributed by atoms with Crippen LogP contribution in [0.1, 0.15) is 23.2 Å². The maximum absolute atomic E-state index is 11.7. The number of rotatable bonds is 6. The van der Waals surface area contributed by atoms with E-state index in [1.54, 1.807) is 0 Å². The molecule has 19 heavy (non-hydrogen) atoms. The summed E-state index contributed by atoms with van der Waals surface area (Å²) in [5.74, 6) is -1.89. The first kappa shape index (κ1) is 14.5. The van der Waals surface area contributed by atoms with E-state index in [4.69, 9.17) is 0 Å². The molecule has 0 N–H and O–H groups in total. The van der Waals surface area contributed by atoms with E-state index < -0.39 is 35.3 Å². The van der Waals surface area contributed by atoms with Crippen LogP contribution in [0.15, 0.2) is 24.3 Å². The number of hydrogen-bond acceptors (Lipinski definition) is 6. The zero-order valence-electron chi connectivity index (χ0n) is 10.1. The second kappa shape index (κ2) is 6.39. The molecule has 7 nitrogen and oxygen atoms in total. The molecule has 7 heteroatoms. The van der Waals surface area contributed by atoms with Gasteiger partial charge in [0.2, 0.25) is 0 Å². The van der Waals surface area contributed by atoms with Crippen LogP contribution in [0, 0.1) is 10.1 Å². The highest BCUT2D eigenvalue weighted by atomic mass is 16.6. The number of non-ortho nitro benzene ring substituents is 1. The first-order chi connectivity index (χ1) is 8.93. The van der Waals surface area contributed by atoms with Crippen LogP contribution < -0.4 is 0 Å². The minimum absolute atomic E-state index is 0.0624. The Morgan fingerprint density at radius 1 is 1.26 bits per heavy atom. The minimum atomic E-state index is -0.725. The van der Waals surface area contributed by atoms with E-state index in [1.807, 2.05) is 0 Å². The van der Waals surface area contributed by atoms with Crippen LogP contribution in [0.25, 0.3) is 0 Å². The summed E-state index contributed by atoms with van der Waals surface area (Å²) < 4.78 is 4.30. The first-order valence-electron chi connectivity index (χ1n) is 5.30. The number of methoxy groups -OCH3 is 1. The van der Waals surface area contributed by atoms with Crippen LogP contribution in [0.2, 0.25) is 0 Å². The number of nitro groups is 1. The van der Waals surface area contributed by atoms with Crippen molar-refractivity contribution in [1.29, 1.82) is 0 Å². The molecule has 100 valence electrons. The van der Waals surface area contributed by atoms with Crippen molar-refractivity contribution < 1.29 is 24.0 Å². The predicted molar refractivity (Wildman–Crippen MR) is 63.7 cm³/mol. The van der Waals surface area contributed by atoms with E-state index in [-0.39, 0.29) is 11.3 Å². The molecule has 0 aliphatic rings. The van der Waals surface area contributed by atoms with Gasteiger partial charge in [0.25, 0.3) is 5.69 Å². The number of Topliss-reactive ketones (excluding diaryl/α,β-unsaturated/α-hetero) is 2. The maximum Gasteiger partial charge on any atom is 0.313 e. The van der Waals surface area contributed by atoms with Gasteiger partial charge in [0.05, 0.1) is 18.5 Å². The molecule has 0 aliphatic heterocycles. The number of esters is 1. The fraction of sp³-hybridized carbons (Fsp3) is 0.250. The van der Waals surface area contributed by atoms with Crippen LogP contribution in [-0.4, -0.2) is 29.6 Å². The Balaban J connectivity index is 2.73. The Kier molecular flexibility index (Phi) is 4.87. The first-order valence-corrected chi connectivity index (χ1v) is 5.30. The Morgan fingerprint density at radius 3 is 2.53 bits per heavy atom. The van der Waals surface area contributed by atoms with E-state index >= 15 is 0 Å². The highest BCUT2D eigenvalue weighted by Crippen LogP contribution is 2.14. The molecule has 0 heterocycles. The van der Waals surface area contributed by atoms with Crippen LogP contribution in [-0.2, 0) is 14.3 Å². The molecular weight excluding hydrogens is 254 g/mol. The van der Waals surface area contributed by atoms with Gasteiger partial charge >= 0.3 is 5.97 Å². The summed E-state index contributed by atoms with van der Waals surface area (Å²) in [5, 5.41) is 10.5. The van der Waals surface area contributed by atoms with Gasteiger partial charge in [-0.15, -0.1) is 0 Å². The highest BCUT2D eigenvalue weighted by Gasteiger charge is 2.17. The Morgan fingerprint density at radius 2 is 1.95 bits per heavy atom. The Hall–Kier alpha value is -2.57. The maximum atomic E-state index is 11.7. The van der Waals surface area contributed by atoms with Gasteiger partial charge in [-0.05, 0) is 0 Å². The third kappa shape index (κ3) is 4.30. The van der Waals surface area contributed by atoms with Gasteiger partial charge in [-0.3, -0.25) is 24.5 Å². The van der Waals surface area contributed by atoms with Gasteiger partial charge in [0.15, 0.2) is 11.6 Å². The number of ketones is 2. The van der Waals surface area contributed by atoms with Crippen molar-refractivity contribution in [1.82, 2.24) is 0 Å². The summed E-state index contributed by atoms with van der Waals surface area (Å²) in [6.07, 6.45) is -0.979. The zero-order chi connectivity index (χ0) is 14.4. The molecule has 0 saturated carbocycles. The Bertz CT molecular complexity index is 537. The summed E-state index contributed by atoms with van der Waals surface area (Å²) in [5.41, 5.74) is -0.168. The standard InChI is InChI=1S/C12H11NO6/c1-19-12(16)7-10(14)6-11(15)8-3-2-4-9(5-8)13(17)18/h2-5H,6-7H2,1H3. The molecule has 0 spiro atoms. The number of hydrogen-bond donors (Lipinski definition) is 0. The smallest absolute Gasteiger partial charge is 0.313 e. The molecule has 0 unspecified atom stereocenters. The van der Waals surface area contributed by atoms with Crippen molar-refractivity contribution in [3.05, 3.63) is 39.9 Å². The van der Waals surface area contributed by atoms with E-state index in [0.29, 0.717) is 0 Å². The van der Waals surface area contributed by atoms with Crippen molar-refractivity contribution in [2.75, 3.05) is 7.11 Å². The predicted octanol–water partition coefficient (Wildman–Crippen LogP) is 1.30. The van der Waals surface area contributed by atoms with Gasteiger partial charge in [0.1, 0.15) is 6.42 Å². The van der Waals surface area contributed by atoms with Crippen LogP contribution >= 0.6 is 0 Å². The van der Waals surface area contributed by atoms with E-state index in [2.05, 4.69) is 4.74 Å². The van der Waals surface area contributed by atoms with E-state index in [9.17, 15) is 24.5 Å². The topological polar surface area (TPSA) is 104 Å². The summed E-state index contributed by atoms with van der Waals surface area (Å²) in [7, 11) is 1.14. The largest absolute Gasteiger partial charge is 0.469 e. The lowest BCUT2D eigenvalue weighted by molar-refractivity contribution is -0.384. The SMILES string of the molecule is COC(=O)CC(=O)CC(=O)c1cccc([N+](=O)[O-])c1. The monoisotopic (exact) mass is 265 g/mol. The van der Waals surface area contributed by atoms with Crippen molar-refractivity contribution >= 4 is 23.2 Å². The van der Waals surface area contributed by atoms with E-state index in [0.717, 1.165) is 13.2 Å². The highest BCUT2D eigenvalue weighted by molar-refractivity contribution is 6.11. The van der Waals surface area contributed by atoms with Gasteiger partial charge in [-0.2, -0.15) is 0 Å². The van der Waals surface area contributed by atoms with Gasteiger partial charge in [-0.25, -0.2) is 0 Å². The van der Waals surface area contributed by atoms with Crippen LogP contribution in [0.5, 0.6) is 0 Å². The number of carbonyl (C=O) groups is 3. The molecule has 0 aliphatic carbocycles. The molecule has 0 amide bonds. The second-order valence-corrected chi connectivity index (χ2v) is 3.70. The van der Waals surface area contributed by atoms with Crippen LogP contribution in [0.3, 0.4) is 0 Å². The third-order valence-electron chi connectivity index (χ3n) is 2.31. The quantitative estimate of drug-likeness (QED) is 0.252. The molecule has 0 fully saturated rings. The number of ether oxygens (including phenoxy) is 1. The van der Waals surface area contributed by atoms with Crippen molar-refractivity contribution in [2.45, 2.75) is 12.8 Å². The summed E-state index contributed by atoms with van der Waals surface area (Å²) in [6, 6.07) is 5.07. The van der Waals surface area contributed by atoms with Gasteiger partial charge in [-0.1, -0.05) is 12.1 Å². The molecular formula is C12H11NO6. The molecule has 0 saturated heterocycles. The van der Waals surface area contributed by atoms with Crippen molar-refractivity contribution in [3.8, 4) is 0 Å². The fourth-order valence-corrected chi connectivity index (χ4v) is 1.37. The molecule has 1 aromatic carbocycles. The number of nitro benzene ring substituents is 1. The molecule has 0 aromatic heterocycles. The Labute approximate surface area is 108 Å². The molecule has 0 radical (unpaired) electrons. The minimum Gasteiger partial charge on any atom is -0.469 e. The van der Waals surface area contributed by atoms with Gasteiger partial charge in [0, 0.05) is 17.7 Å². The normalized spacial score (nSPS) is 9.74. The molecule has 1 aromatic rings. The van der Waals surface area contributed by atoms with Crippen molar-refractivity contribution in [2.24, 2.45) is 0 Å². The lowest BCUT2D eigenvalue weighted by Crippen LogP contribution is -2.13. The zero-order valence-corrected chi connectivity index (χ0v) is 10.1. The average molecular weight is 265 g/mol. The fourth-order valence-electron chi connectivity index (χ4n) is 1.37. The van der Waals surface area contributed by atoms with Gasteiger partial charge < -0.3 is 4.74 Å². The molecule has 0 atom stereocenters. The second-order valence-electron chi connectivity index (χ2n) is 3.70. The number of carbonyl (C=O) groups excluding carboxylic acids is 3. The lowest BCUT2D eigenvalue weighted by atomic mass is 10.0. The summed E-state index contributed by atoms with van der Waals surface area (Å²) >= 11 is 0. The molecule has 0 bridgehead atoms. The number of nitrogens with zero attached hydrogens (tertiary/aromatic N) is 1. The van der Waals surface area contributed by atoms with Crippen LogP contribution in [0.4, 0.5) is 5.69 Å². The van der Waals surface area contributed by atoms with Crippen molar-refractivity contribution in [3.63, 3.8) is 0 Å². The summed E-state index contributed by atoms with van der Waals surface area (Å²) in [4.78, 5) is 43.8. The lowest BCUT2D eigenvalue weighted by Gasteiger charge is -2.00. The summed E-state index contributed by atoms with van der Waals surface area (Å²) in [6.45, 7) is 0. The number of benzene rings is 1. The van der Waals surface area contributed by atoms with E-state index in [1.165, 1.54) is 18.2 Å². The average Bonchev–Trinajstić information content (AvgIpc) is 2.38. The molecule has 1 rings (SSSR count). The third-order valence-corrected chi connectivity index (χ3v) is 2.31.